The molecule has 0 unspecified atom stereocenters. The molecule has 1 saturated heterocycles. The molecule has 1 aromatic rings. The molecule has 0 aromatic carbocycles. The van der Waals surface area contributed by atoms with Crippen LogP contribution in [0.3, 0.4) is 0 Å². The van der Waals surface area contributed by atoms with Crippen molar-refractivity contribution in [1.29, 1.82) is 0 Å². The molecule has 0 atom stereocenters. The smallest absolute Gasteiger partial charge is 0.244 e. The summed E-state index contributed by atoms with van der Waals surface area (Å²) in [6.45, 7) is 6.07. The topological polar surface area (TPSA) is 67.2 Å². The average Bonchev–Trinajstić information content (AvgIpc) is 2.98. The van der Waals surface area contributed by atoms with Crippen LogP contribution in [0, 0.1) is 13.8 Å². The number of aryl methyl sites for hydroxylation is 2. The number of nitrogens with one attached hydrogen (secondary N) is 1. The van der Waals surface area contributed by atoms with E-state index in [2.05, 4.69) is 10.4 Å². The van der Waals surface area contributed by atoms with Gasteiger partial charge in [-0.25, -0.2) is 0 Å². The molecule has 2 heterocycles. The summed E-state index contributed by atoms with van der Waals surface area (Å²) in [6, 6.07) is 0. The summed E-state index contributed by atoms with van der Waals surface area (Å²) < 4.78 is 1.81. The number of nitrogens with zero attached hydrogens (tertiary/aromatic N) is 3. The lowest BCUT2D eigenvalue weighted by Crippen LogP contribution is -2.29. The summed E-state index contributed by atoms with van der Waals surface area (Å²) in [4.78, 5) is 25.1. The van der Waals surface area contributed by atoms with Gasteiger partial charge in [-0.15, -0.1) is 0 Å². The van der Waals surface area contributed by atoms with Crippen molar-refractivity contribution in [2.45, 2.75) is 33.1 Å². The van der Waals surface area contributed by atoms with Gasteiger partial charge in [-0.1, -0.05) is 0 Å². The fourth-order valence-corrected chi connectivity index (χ4v) is 2.67. The summed E-state index contributed by atoms with van der Waals surface area (Å²) in [5, 5.41) is 7.16. The lowest BCUT2D eigenvalue weighted by molar-refractivity contribution is -0.127. The van der Waals surface area contributed by atoms with Crippen molar-refractivity contribution < 1.29 is 9.59 Å². The molecule has 1 aliphatic rings. The molecule has 6 nitrogen and oxygen atoms in total. The quantitative estimate of drug-likeness (QED) is 0.634. The van der Waals surface area contributed by atoms with Crippen LogP contribution in [0.1, 0.15) is 36.2 Å². The second-order valence-electron chi connectivity index (χ2n) is 5.67. The third-order valence-electron chi connectivity index (χ3n) is 4.04. The zero-order chi connectivity index (χ0) is 16.1. The van der Waals surface area contributed by atoms with E-state index >= 15 is 0 Å². The maximum atomic E-state index is 11.8. The van der Waals surface area contributed by atoms with Crippen molar-refractivity contribution >= 4 is 17.9 Å². The number of carbonyl (C=O) groups excluding carboxylic acids is 2. The molecule has 22 heavy (non-hydrogen) atoms. The molecule has 1 aliphatic heterocycles. The van der Waals surface area contributed by atoms with Crippen LogP contribution in [-0.4, -0.2) is 46.1 Å². The van der Waals surface area contributed by atoms with E-state index in [0.29, 0.717) is 13.0 Å². The zero-order valence-corrected chi connectivity index (χ0v) is 13.6. The highest BCUT2D eigenvalue weighted by Crippen LogP contribution is 2.13. The fraction of sp³-hybridized carbons (Fsp3) is 0.562. The maximum Gasteiger partial charge on any atom is 0.244 e. The average molecular weight is 304 g/mol. The standard InChI is InChI=1S/C16H24N4O2/c1-12-14(13(2)19(3)18-12)7-8-15(21)17-9-5-11-20-10-4-6-16(20)22/h7-8H,4-6,9-11H2,1-3H3,(H,17,21)/b8-7+. The number of rotatable bonds is 6. The van der Waals surface area contributed by atoms with Gasteiger partial charge >= 0.3 is 0 Å². The van der Waals surface area contributed by atoms with Crippen molar-refractivity contribution in [2.24, 2.45) is 7.05 Å². The van der Waals surface area contributed by atoms with Gasteiger partial charge in [-0.05, 0) is 32.8 Å². The van der Waals surface area contributed by atoms with E-state index in [1.165, 1.54) is 6.08 Å². The predicted molar refractivity (Wildman–Crippen MR) is 85.2 cm³/mol. The van der Waals surface area contributed by atoms with Crippen molar-refractivity contribution in [2.75, 3.05) is 19.6 Å². The van der Waals surface area contributed by atoms with Crippen LogP contribution >= 0.6 is 0 Å². The minimum Gasteiger partial charge on any atom is -0.352 e. The molecular weight excluding hydrogens is 280 g/mol. The van der Waals surface area contributed by atoms with E-state index in [1.807, 2.05) is 25.8 Å². The minimum atomic E-state index is -0.115. The number of carbonyl (C=O) groups is 2. The lowest BCUT2D eigenvalue weighted by atomic mass is 10.2. The van der Waals surface area contributed by atoms with Crippen LogP contribution in [0.5, 0.6) is 0 Å². The number of hydrogen-bond donors (Lipinski definition) is 1. The fourth-order valence-electron chi connectivity index (χ4n) is 2.67. The number of aromatic nitrogens is 2. The van der Waals surface area contributed by atoms with E-state index < -0.39 is 0 Å². The molecule has 2 rings (SSSR count). The highest BCUT2D eigenvalue weighted by molar-refractivity contribution is 5.92. The predicted octanol–water partition coefficient (Wildman–Crippen LogP) is 1.18. The van der Waals surface area contributed by atoms with E-state index in [9.17, 15) is 9.59 Å². The molecule has 0 radical (unpaired) electrons. The summed E-state index contributed by atoms with van der Waals surface area (Å²) in [5.41, 5.74) is 2.94. The van der Waals surface area contributed by atoms with Gasteiger partial charge < -0.3 is 10.2 Å². The van der Waals surface area contributed by atoms with Crippen LogP contribution in [-0.2, 0) is 16.6 Å². The largest absolute Gasteiger partial charge is 0.352 e. The summed E-state index contributed by atoms with van der Waals surface area (Å²) in [6.07, 6.45) is 5.75. The zero-order valence-electron chi connectivity index (χ0n) is 13.6. The Bertz CT molecular complexity index is 589. The molecular formula is C16H24N4O2. The number of hydrogen-bond acceptors (Lipinski definition) is 3. The van der Waals surface area contributed by atoms with Crippen molar-refractivity contribution in [3.63, 3.8) is 0 Å². The Balaban J connectivity index is 1.73. The highest BCUT2D eigenvalue weighted by atomic mass is 16.2. The molecule has 0 bridgehead atoms. The SMILES string of the molecule is Cc1nn(C)c(C)c1/C=C/C(=O)NCCCN1CCCC1=O. The summed E-state index contributed by atoms with van der Waals surface area (Å²) >= 11 is 0. The third kappa shape index (κ3) is 3.96. The van der Waals surface area contributed by atoms with E-state index in [-0.39, 0.29) is 11.8 Å². The summed E-state index contributed by atoms with van der Waals surface area (Å²) in [5.74, 6) is 0.115. The molecule has 1 fully saturated rings. The third-order valence-corrected chi connectivity index (χ3v) is 4.04. The maximum absolute atomic E-state index is 11.8. The normalized spacial score (nSPS) is 15.0. The Kier molecular flexibility index (Phi) is 5.35. The number of likely N-dealkylation sites (tertiary alicyclic amines) is 1. The Morgan fingerprint density at radius 1 is 1.41 bits per heavy atom. The first-order chi connectivity index (χ1) is 10.5. The van der Waals surface area contributed by atoms with Crippen molar-refractivity contribution in [1.82, 2.24) is 20.0 Å². The highest BCUT2D eigenvalue weighted by Gasteiger charge is 2.18. The van der Waals surface area contributed by atoms with Gasteiger partial charge in [-0.3, -0.25) is 14.3 Å². The molecule has 1 aromatic heterocycles. The Labute approximate surface area is 131 Å². The first kappa shape index (κ1) is 16.3. The van der Waals surface area contributed by atoms with E-state index in [1.54, 1.807) is 10.8 Å². The minimum absolute atomic E-state index is 0.115. The Morgan fingerprint density at radius 2 is 2.18 bits per heavy atom. The second kappa shape index (κ2) is 7.24. The second-order valence-corrected chi connectivity index (χ2v) is 5.67. The van der Waals surface area contributed by atoms with Crippen LogP contribution in [0.4, 0.5) is 0 Å². The Morgan fingerprint density at radius 3 is 2.77 bits per heavy atom. The van der Waals surface area contributed by atoms with Crippen LogP contribution in [0.25, 0.3) is 6.08 Å². The molecule has 6 heteroatoms. The molecule has 120 valence electrons. The molecule has 0 aliphatic carbocycles. The first-order valence-corrected chi connectivity index (χ1v) is 7.73. The summed E-state index contributed by atoms with van der Waals surface area (Å²) in [7, 11) is 1.89. The van der Waals surface area contributed by atoms with Gasteiger partial charge in [0.15, 0.2) is 0 Å². The lowest BCUT2D eigenvalue weighted by Gasteiger charge is -2.14. The van der Waals surface area contributed by atoms with Crippen molar-refractivity contribution in [3.05, 3.63) is 23.0 Å². The van der Waals surface area contributed by atoms with E-state index in [0.717, 1.165) is 42.9 Å². The van der Waals surface area contributed by atoms with Gasteiger partial charge in [0.05, 0.1) is 5.69 Å². The van der Waals surface area contributed by atoms with Crippen molar-refractivity contribution in [3.8, 4) is 0 Å². The molecule has 2 amide bonds. The molecule has 0 saturated carbocycles. The van der Waals surface area contributed by atoms with Crippen LogP contribution in [0.15, 0.2) is 6.08 Å². The molecule has 0 spiro atoms. The first-order valence-electron chi connectivity index (χ1n) is 7.73. The van der Waals surface area contributed by atoms with Gasteiger partial charge in [0.2, 0.25) is 11.8 Å². The molecule has 1 N–H and O–H groups in total. The van der Waals surface area contributed by atoms with E-state index in [4.69, 9.17) is 0 Å². The van der Waals surface area contributed by atoms with Crippen LogP contribution in [0.2, 0.25) is 0 Å². The van der Waals surface area contributed by atoms with Gasteiger partial charge in [0.1, 0.15) is 0 Å². The number of amides is 2. The van der Waals surface area contributed by atoms with Gasteiger partial charge in [0, 0.05) is 50.4 Å². The monoisotopic (exact) mass is 304 g/mol. The van der Waals surface area contributed by atoms with Gasteiger partial charge in [0.25, 0.3) is 0 Å². The van der Waals surface area contributed by atoms with Crippen LogP contribution < -0.4 is 5.32 Å². The Hall–Kier alpha value is -2.11. The van der Waals surface area contributed by atoms with Gasteiger partial charge in [-0.2, -0.15) is 5.10 Å².